The van der Waals surface area contributed by atoms with Crippen molar-refractivity contribution in [3.05, 3.63) is 73.4 Å². The molecule has 0 aliphatic heterocycles. The lowest BCUT2D eigenvalue weighted by Gasteiger charge is -2.13. The molecule has 0 spiro atoms. The molecule has 1 amide bonds. The summed E-state index contributed by atoms with van der Waals surface area (Å²) < 4.78 is 84.3. The minimum Gasteiger partial charge on any atom is -0.489 e. The second-order valence-electron chi connectivity index (χ2n) is 10.9. The van der Waals surface area contributed by atoms with E-state index in [-0.39, 0.29) is 27.2 Å². The monoisotopic (exact) mass is 740 g/mol. The number of amides is 1. The highest BCUT2D eigenvalue weighted by Crippen LogP contribution is 2.34. The van der Waals surface area contributed by atoms with E-state index < -0.39 is 44.5 Å². The second-order valence-corrected chi connectivity index (χ2v) is 13.3. The number of carbonyl (C=O) groups is 1. The van der Waals surface area contributed by atoms with Crippen LogP contribution in [0.5, 0.6) is 17.5 Å². The molecule has 0 fully saturated rings. The third kappa shape index (κ3) is 9.10. The van der Waals surface area contributed by atoms with Crippen LogP contribution in [0.3, 0.4) is 0 Å². The molecule has 0 saturated heterocycles. The summed E-state index contributed by atoms with van der Waals surface area (Å²) in [7, 11) is -2.45. The summed E-state index contributed by atoms with van der Waals surface area (Å²) in [5.74, 6) is -0.894. The van der Waals surface area contributed by atoms with E-state index in [1.54, 1.807) is 6.07 Å². The van der Waals surface area contributed by atoms with E-state index in [1.165, 1.54) is 17.8 Å². The molecule has 0 unspecified atom stereocenters. The van der Waals surface area contributed by atoms with Crippen LogP contribution in [0.25, 0.3) is 5.69 Å². The summed E-state index contributed by atoms with van der Waals surface area (Å²) >= 11 is 12.3. The summed E-state index contributed by atoms with van der Waals surface area (Å²) in [4.78, 5) is 34.9. The molecule has 0 saturated carbocycles. The number of methoxy groups -OCH3 is 1. The number of carbonyl (C=O) groups excluding carboxylic acids is 1. The molecule has 2 heterocycles. The van der Waals surface area contributed by atoms with Gasteiger partial charge in [0.25, 0.3) is 10.0 Å². The van der Waals surface area contributed by atoms with Gasteiger partial charge in [-0.1, -0.05) is 56.1 Å². The van der Waals surface area contributed by atoms with Crippen LogP contribution in [0, 0.1) is 0 Å². The molecule has 4 aromatic rings. The van der Waals surface area contributed by atoms with Crippen molar-refractivity contribution >= 4 is 39.3 Å². The van der Waals surface area contributed by atoms with Crippen LogP contribution < -0.4 is 30.4 Å². The van der Waals surface area contributed by atoms with Gasteiger partial charge in [0.1, 0.15) is 16.4 Å². The quantitative estimate of drug-likeness (QED) is 0.279. The molecule has 262 valence electrons. The Balaban J connectivity index is 0.000000264. The number of nitrogens with one attached hydrogen (secondary N) is 1. The van der Waals surface area contributed by atoms with E-state index in [0.717, 1.165) is 40.6 Å². The van der Waals surface area contributed by atoms with Gasteiger partial charge in [-0.2, -0.15) is 4.68 Å². The number of halogens is 5. The van der Waals surface area contributed by atoms with Crippen molar-refractivity contribution in [1.29, 1.82) is 0 Å². The third-order valence-electron chi connectivity index (χ3n) is 5.68. The van der Waals surface area contributed by atoms with Crippen LogP contribution in [0.4, 0.5) is 18.0 Å². The average molecular weight is 742 g/mol. The first kappa shape index (κ1) is 38.0. The largest absolute Gasteiger partial charge is 0.573 e. The van der Waals surface area contributed by atoms with Gasteiger partial charge in [-0.3, -0.25) is 0 Å². The van der Waals surface area contributed by atoms with Gasteiger partial charge in [0.15, 0.2) is 0 Å². The molecular formula is C27H29Cl2F3N6O9S. The number of hydrogen-bond acceptors (Lipinski definition) is 11. The number of rotatable bonds is 7. The number of alkyl halides is 3. The number of nitrogens with zero attached hydrogens (tertiary/aromatic N) is 5. The highest BCUT2D eigenvalue weighted by molar-refractivity contribution is 7.90. The van der Waals surface area contributed by atoms with Crippen LogP contribution in [-0.4, -0.2) is 58.2 Å². The number of hydrogen-bond donors (Lipinski definition) is 1. The molecule has 4 rings (SSSR count). The van der Waals surface area contributed by atoms with Crippen molar-refractivity contribution in [3.63, 3.8) is 0 Å². The number of para-hydroxylation sites is 1. The lowest BCUT2D eigenvalue weighted by molar-refractivity contribution is -0.275. The Hall–Kier alpha value is -4.49. The summed E-state index contributed by atoms with van der Waals surface area (Å²) in [6, 6.07) is 5.07. The summed E-state index contributed by atoms with van der Waals surface area (Å²) in [6.45, 7) is 9.47. The first-order valence-corrected chi connectivity index (χ1v) is 15.7. The van der Waals surface area contributed by atoms with Gasteiger partial charge in [0.05, 0.1) is 28.9 Å². The van der Waals surface area contributed by atoms with Gasteiger partial charge >= 0.3 is 29.8 Å². The zero-order valence-corrected chi connectivity index (χ0v) is 28.6. The standard InChI is InChI=1S/C15H18Cl2N2O3.C12H11F3N4O6S/c1-8(2)21-12-7-11(9(16)6-10(12)17)19-14(20)22-13(18-19)15(3,4)5;1-18-10(24-2)16-19(11(18)21)9(20)17-26(22,23)8-6-4-3-5-7(8)25-12(13,14)15/h6-8H,1-5H3;3-6H,1-2H3,(H,17,20). The fourth-order valence-corrected chi connectivity index (χ4v) is 5.15. The maximum absolute atomic E-state index is 12.4. The molecule has 0 bridgehead atoms. The van der Waals surface area contributed by atoms with E-state index in [4.69, 9.17) is 37.1 Å². The van der Waals surface area contributed by atoms with Crippen molar-refractivity contribution in [3.8, 4) is 23.2 Å². The van der Waals surface area contributed by atoms with Crippen molar-refractivity contribution in [2.45, 2.75) is 57.4 Å². The van der Waals surface area contributed by atoms with Crippen LogP contribution in [0.1, 0.15) is 40.5 Å². The van der Waals surface area contributed by atoms with Gasteiger partial charge < -0.3 is 18.6 Å². The van der Waals surface area contributed by atoms with E-state index in [9.17, 15) is 36.0 Å². The SMILES string of the molecule is CC(C)Oc1cc(-n2nc(C(C)(C)C)oc2=O)c(Cl)cc1Cl.COc1nn(C(=O)NS(=O)(=O)c2ccccc2OC(F)(F)F)c(=O)n1C. The third-order valence-corrected chi connectivity index (χ3v) is 7.64. The van der Waals surface area contributed by atoms with E-state index in [2.05, 4.69) is 14.9 Å². The van der Waals surface area contributed by atoms with E-state index >= 15 is 0 Å². The predicted octanol–water partition coefficient (Wildman–Crippen LogP) is 4.65. The molecule has 0 aliphatic rings. The summed E-state index contributed by atoms with van der Waals surface area (Å²) in [5.41, 5.74) is -1.05. The molecule has 2 aromatic heterocycles. The van der Waals surface area contributed by atoms with Crippen LogP contribution in [-0.2, 0) is 22.5 Å². The van der Waals surface area contributed by atoms with Gasteiger partial charge in [0.2, 0.25) is 5.89 Å². The topological polar surface area (TPSA) is 179 Å². The highest BCUT2D eigenvalue weighted by Gasteiger charge is 2.35. The van der Waals surface area contributed by atoms with Crippen molar-refractivity contribution in [1.82, 2.24) is 28.9 Å². The fourth-order valence-electron chi connectivity index (χ4n) is 3.58. The number of benzene rings is 2. The Morgan fingerprint density at radius 1 is 1.02 bits per heavy atom. The molecule has 1 N–H and O–H groups in total. The van der Waals surface area contributed by atoms with Crippen molar-refractivity contribution < 1.29 is 45.0 Å². The highest BCUT2D eigenvalue weighted by atomic mass is 35.5. The number of aromatic nitrogens is 5. The molecule has 15 nitrogen and oxygen atoms in total. The molecular weight excluding hydrogens is 712 g/mol. The molecule has 0 radical (unpaired) electrons. The van der Waals surface area contributed by atoms with Gasteiger partial charge in [-0.05, 0) is 32.0 Å². The Labute approximate surface area is 280 Å². The Morgan fingerprint density at radius 2 is 1.65 bits per heavy atom. The fraction of sp³-hybridized carbons (Fsp3) is 0.370. The minimum atomic E-state index is -5.15. The number of ether oxygens (including phenoxy) is 3. The Bertz CT molecular complexity index is 2030. The van der Waals surface area contributed by atoms with E-state index in [0.29, 0.717) is 22.4 Å². The van der Waals surface area contributed by atoms with Gasteiger partial charge in [0, 0.05) is 18.5 Å². The lowest BCUT2D eigenvalue weighted by Crippen LogP contribution is -2.40. The molecule has 21 heteroatoms. The Kier molecular flexibility index (Phi) is 11.3. The van der Waals surface area contributed by atoms with Gasteiger partial charge in [-0.15, -0.1) is 28.1 Å². The Morgan fingerprint density at radius 3 is 2.17 bits per heavy atom. The van der Waals surface area contributed by atoms with E-state index in [1.807, 2.05) is 34.6 Å². The first-order chi connectivity index (χ1) is 22.1. The molecule has 2 aromatic carbocycles. The lowest BCUT2D eigenvalue weighted by atomic mass is 9.97. The maximum atomic E-state index is 12.4. The van der Waals surface area contributed by atoms with Crippen molar-refractivity contribution in [2.75, 3.05) is 7.11 Å². The second kappa shape index (κ2) is 14.3. The number of sulfonamides is 1. The zero-order valence-electron chi connectivity index (χ0n) is 26.2. The maximum Gasteiger partial charge on any atom is 0.573 e. The summed E-state index contributed by atoms with van der Waals surface area (Å²) in [5, 5.41) is 8.32. The van der Waals surface area contributed by atoms with Crippen LogP contribution in [0.2, 0.25) is 10.0 Å². The van der Waals surface area contributed by atoms with Crippen LogP contribution in [0.15, 0.2) is 55.3 Å². The predicted molar refractivity (Wildman–Crippen MR) is 165 cm³/mol. The first-order valence-electron chi connectivity index (χ1n) is 13.4. The molecule has 0 aliphatic carbocycles. The average Bonchev–Trinajstić information content (AvgIpc) is 3.48. The summed E-state index contributed by atoms with van der Waals surface area (Å²) in [6.07, 6.45) is -5.22. The normalized spacial score (nSPS) is 11.9. The smallest absolute Gasteiger partial charge is 0.489 e. The minimum absolute atomic E-state index is 0.0642. The molecule has 0 atom stereocenters. The van der Waals surface area contributed by atoms with Crippen molar-refractivity contribution in [2.24, 2.45) is 7.05 Å². The van der Waals surface area contributed by atoms with Gasteiger partial charge in [-0.25, -0.2) is 32.1 Å². The van der Waals surface area contributed by atoms with Crippen LogP contribution >= 0.6 is 23.2 Å². The molecule has 48 heavy (non-hydrogen) atoms. The zero-order chi connectivity index (χ0) is 36.4.